The van der Waals surface area contributed by atoms with Crippen LogP contribution in [0.3, 0.4) is 0 Å². The third-order valence-corrected chi connectivity index (χ3v) is 4.14. The van der Waals surface area contributed by atoms with Crippen LogP contribution in [-0.2, 0) is 19.8 Å². The zero-order valence-electron chi connectivity index (χ0n) is 14.7. The number of benzene rings is 1. The Morgan fingerprint density at radius 3 is 2.73 bits per heavy atom. The molecule has 0 aliphatic rings. The molecule has 2 heterocycles. The highest BCUT2D eigenvalue weighted by Crippen LogP contribution is 2.16. The maximum absolute atomic E-state index is 12.6. The number of amides is 1. The summed E-state index contributed by atoms with van der Waals surface area (Å²) in [6, 6.07) is 10.7. The third kappa shape index (κ3) is 4.23. The average Bonchev–Trinajstić information content (AvgIpc) is 3.29. The Morgan fingerprint density at radius 1 is 1.23 bits per heavy atom. The van der Waals surface area contributed by atoms with Crippen molar-refractivity contribution in [2.45, 2.75) is 26.7 Å². The van der Waals surface area contributed by atoms with Gasteiger partial charge in [0.25, 0.3) is 5.91 Å². The summed E-state index contributed by atoms with van der Waals surface area (Å²) in [5, 5.41) is 9.15. The number of aromatic nitrogens is 4. The molecule has 0 fully saturated rings. The Labute approximate surface area is 156 Å². The van der Waals surface area contributed by atoms with Gasteiger partial charge in [-0.2, -0.15) is 10.2 Å². The molecule has 1 amide bonds. The number of carbonyl (C=O) groups is 1. The normalized spacial score (nSPS) is 10.7. The van der Waals surface area contributed by atoms with Crippen molar-refractivity contribution in [3.8, 4) is 5.75 Å². The summed E-state index contributed by atoms with van der Waals surface area (Å²) >= 11 is 5.85. The summed E-state index contributed by atoms with van der Waals surface area (Å²) in [7, 11) is 1.75. The zero-order valence-corrected chi connectivity index (χ0v) is 15.4. The lowest BCUT2D eigenvalue weighted by molar-refractivity contribution is 0.0773. The largest absolute Gasteiger partial charge is 0.471 e. The molecule has 0 N–H and O–H groups in total. The van der Waals surface area contributed by atoms with E-state index in [2.05, 4.69) is 10.2 Å². The van der Waals surface area contributed by atoms with E-state index < -0.39 is 0 Å². The van der Waals surface area contributed by atoms with Crippen LogP contribution in [0.1, 0.15) is 23.1 Å². The van der Waals surface area contributed by atoms with E-state index >= 15 is 0 Å². The molecule has 2 aromatic heterocycles. The standard InChI is InChI=1S/C18H20ClN5O2/c1-3-24-15(8-10-20-24)12-22(2)18(25)17-9-11-23(21-17)13-26-16-6-4-14(19)5-7-16/h4-11H,3,12-13H2,1-2H3. The summed E-state index contributed by atoms with van der Waals surface area (Å²) in [5.74, 6) is 0.529. The van der Waals surface area contributed by atoms with Gasteiger partial charge >= 0.3 is 0 Å². The number of ether oxygens (including phenoxy) is 1. The summed E-state index contributed by atoms with van der Waals surface area (Å²) < 4.78 is 9.06. The van der Waals surface area contributed by atoms with E-state index in [0.29, 0.717) is 23.0 Å². The first-order chi connectivity index (χ1) is 12.6. The van der Waals surface area contributed by atoms with Crippen LogP contribution in [0.5, 0.6) is 5.75 Å². The van der Waals surface area contributed by atoms with E-state index in [1.807, 2.05) is 17.7 Å². The van der Waals surface area contributed by atoms with Gasteiger partial charge in [-0.1, -0.05) is 11.6 Å². The summed E-state index contributed by atoms with van der Waals surface area (Å²) in [5.41, 5.74) is 1.35. The number of halogens is 1. The molecule has 0 unspecified atom stereocenters. The quantitative estimate of drug-likeness (QED) is 0.638. The second kappa shape index (κ2) is 8.05. The minimum atomic E-state index is -0.154. The Hall–Kier alpha value is -2.80. The Morgan fingerprint density at radius 2 is 2.00 bits per heavy atom. The van der Waals surface area contributed by atoms with Gasteiger partial charge in [-0.3, -0.25) is 9.48 Å². The molecule has 1 aromatic carbocycles. The fourth-order valence-electron chi connectivity index (χ4n) is 2.51. The monoisotopic (exact) mass is 373 g/mol. The van der Waals surface area contributed by atoms with Gasteiger partial charge in [0.05, 0.1) is 12.2 Å². The third-order valence-electron chi connectivity index (χ3n) is 3.89. The van der Waals surface area contributed by atoms with Gasteiger partial charge in [-0.05, 0) is 43.3 Å². The predicted octanol–water partition coefficient (Wildman–Crippen LogP) is 3.06. The van der Waals surface area contributed by atoms with Gasteiger partial charge in [0.2, 0.25) is 0 Å². The molecular formula is C18H20ClN5O2. The molecule has 8 heteroatoms. The summed E-state index contributed by atoms with van der Waals surface area (Å²) in [4.78, 5) is 14.2. The van der Waals surface area contributed by atoms with Gasteiger partial charge in [0.15, 0.2) is 12.4 Å². The number of carbonyl (C=O) groups excluding carboxylic acids is 1. The first kappa shape index (κ1) is 18.0. The van der Waals surface area contributed by atoms with Crippen LogP contribution < -0.4 is 4.74 Å². The molecule has 136 valence electrons. The predicted molar refractivity (Wildman–Crippen MR) is 98.0 cm³/mol. The smallest absolute Gasteiger partial charge is 0.274 e. The molecule has 7 nitrogen and oxygen atoms in total. The van der Waals surface area contributed by atoms with Gasteiger partial charge < -0.3 is 9.64 Å². The van der Waals surface area contributed by atoms with Gasteiger partial charge in [0.1, 0.15) is 5.75 Å². The molecule has 3 rings (SSSR count). The highest BCUT2D eigenvalue weighted by Gasteiger charge is 2.16. The fourth-order valence-corrected chi connectivity index (χ4v) is 2.63. The van der Waals surface area contributed by atoms with Crippen molar-refractivity contribution >= 4 is 17.5 Å². The summed E-state index contributed by atoms with van der Waals surface area (Å²) in [6.07, 6.45) is 3.45. The van der Waals surface area contributed by atoms with E-state index in [1.165, 1.54) is 0 Å². The van der Waals surface area contributed by atoms with E-state index in [4.69, 9.17) is 16.3 Å². The van der Waals surface area contributed by atoms with Crippen molar-refractivity contribution < 1.29 is 9.53 Å². The molecule has 0 spiro atoms. The van der Waals surface area contributed by atoms with Gasteiger partial charge in [-0.15, -0.1) is 0 Å². The van der Waals surface area contributed by atoms with Crippen molar-refractivity contribution in [1.82, 2.24) is 24.5 Å². The van der Waals surface area contributed by atoms with Crippen LogP contribution in [0, 0.1) is 0 Å². The molecule has 0 aliphatic heterocycles. The van der Waals surface area contributed by atoms with Crippen LogP contribution in [0.2, 0.25) is 5.02 Å². The van der Waals surface area contributed by atoms with Crippen molar-refractivity contribution in [2.24, 2.45) is 0 Å². The van der Waals surface area contributed by atoms with Gasteiger partial charge in [0, 0.05) is 31.0 Å². The Balaban J connectivity index is 1.59. The molecule has 0 bridgehead atoms. The molecule has 0 radical (unpaired) electrons. The highest BCUT2D eigenvalue weighted by molar-refractivity contribution is 6.30. The molecule has 3 aromatic rings. The lowest BCUT2D eigenvalue weighted by Crippen LogP contribution is -2.28. The second-order valence-corrected chi connectivity index (χ2v) is 6.20. The lowest BCUT2D eigenvalue weighted by atomic mass is 10.3. The molecule has 0 saturated heterocycles. The van der Waals surface area contributed by atoms with Crippen LogP contribution >= 0.6 is 11.6 Å². The van der Waals surface area contributed by atoms with E-state index in [9.17, 15) is 4.79 Å². The first-order valence-electron chi connectivity index (χ1n) is 8.25. The minimum Gasteiger partial charge on any atom is -0.471 e. The minimum absolute atomic E-state index is 0.154. The molecule has 0 saturated carbocycles. The highest BCUT2D eigenvalue weighted by atomic mass is 35.5. The Bertz CT molecular complexity index is 872. The van der Waals surface area contributed by atoms with E-state index in [-0.39, 0.29) is 12.6 Å². The maximum atomic E-state index is 12.6. The lowest BCUT2D eigenvalue weighted by Gasteiger charge is -2.16. The van der Waals surface area contributed by atoms with Crippen molar-refractivity contribution in [2.75, 3.05) is 7.05 Å². The SMILES string of the molecule is CCn1nccc1CN(C)C(=O)c1ccn(COc2ccc(Cl)cc2)n1. The second-order valence-electron chi connectivity index (χ2n) is 5.77. The molecular weight excluding hydrogens is 354 g/mol. The number of nitrogens with zero attached hydrogens (tertiary/aromatic N) is 5. The molecule has 26 heavy (non-hydrogen) atoms. The van der Waals surface area contributed by atoms with Crippen molar-refractivity contribution in [1.29, 1.82) is 0 Å². The van der Waals surface area contributed by atoms with Crippen molar-refractivity contribution in [3.05, 3.63) is 65.2 Å². The number of hydrogen-bond acceptors (Lipinski definition) is 4. The maximum Gasteiger partial charge on any atom is 0.274 e. The van der Waals surface area contributed by atoms with Gasteiger partial charge in [-0.25, -0.2) is 4.68 Å². The zero-order chi connectivity index (χ0) is 18.5. The van der Waals surface area contributed by atoms with Crippen LogP contribution in [-0.4, -0.2) is 37.4 Å². The number of rotatable bonds is 7. The number of aryl methyl sites for hydroxylation is 1. The van der Waals surface area contributed by atoms with Crippen molar-refractivity contribution in [3.63, 3.8) is 0 Å². The van der Waals surface area contributed by atoms with E-state index in [1.54, 1.807) is 59.4 Å². The summed E-state index contributed by atoms with van der Waals surface area (Å²) in [6.45, 7) is 3.46. The Kier molecular flexibility index (Phi) is 5.58. The molecule has 0 atom stereocenters. The topological polar surface area (TPSA) is 65.2 Å². The van der Waals surface area contributed by atoms with Crippen LogP contribution in [0.15, 0.2) is 48.8 Å². The van der Waals surface area contributed by atoms with E-state index in [0.717, 1.165) is 12.2 Å². The fraction of sp³-hybridized carbons (Fsp3) is 0.278. The molecule has 0 aliphatic carbocycles. The number of hydrogen-bond donors (Lipinski definition) is 0. The van der Waals surface area contributed by atoms with Crippen LogP contribution in [0.4, 0.5) is 0 Å². The average molecular weight is 374 g/mol. The van der Waals surface area contributed by atoms with Crippen LogP contribution in [0.25, 0.3) is 0 Å². The first-order valence-corrected chi connectivity index (χ1v) is 8.62.